The maximum absolute atomic E-state index is 14.0. The lowest BCUT2D eigenvalue weighted by Crippen LogP contribution is -2.53. The van der Waals surface area contributed by atoms with Crippen molar-refractivity contribution in [1.29, 1.82) is 0 Å². The molecule has 0 heterocycles. The normalized spacial score (nSPS) is 15.4. The Morgan fingerprint density at radius 1 is 0.840 bits per heavy atom. The van der Waals surface area contributed by atoms with Crippen LogP contribution < -0.4 is 0 Å². The van der Waals surface area contributed by atoms with Crippen LogP contribution in [0.3, 0.4) is 0 Å². The van der Waals surface area contributed by atoms with Gasteiger partial charge in [0.15, 0.2) is 5.60 Å². The fraction of sp³-hybridized carbons (Fsp3) is 0.176. The van der Waals surface area contributed by atoms with Crippen molar-refractivity contribution in [3.63, 3.8) is 0 Å². The summed E-state index contributed by atoms with van der Waals surface area (Å²) in [5.74, 6) is -6.05. The molecule has 0 spiro atoms. The summed E-state index contributed by atoms with van der Waals surface area (Å²) in [4.78, 5) is 0. The number of alkyl halides is 5. The van der Waals surface area contributed by atoms with Crippen LogP contribution in [0.25, 0.3) is 6.08 Å². The minimum absolute atomic E-state index is 0.148. The van der Waals surface area contributed by atoms with Crippen LogP contribution in [0.15, 0.2) is 59.1 Å². The maximum atomic E-state index is 14.0. The molecular formula is C17H11BrF6O. The van der Waals surface area contributed by atoms with Crippen molar-refractivity contribution in [2.75, 3.05) is 0 Å². The van der Waals surface area contributed by atoms with Gasteiger partial charge in [0.1, 0.15) is 5.82 Å². The molecule has 1 unspecified atom stereocenters. The van der Waals surface area contributed by atoms with E-state index in [9.17, 15) is 31.4 Å². The minimum Gasteiger partial charge on any atom is -0.375 e. The standard InChI is InChI=1S/C17H11BrF6O/c18-13-5-3-12(4-6-13)15(25,16(20,21)17(22,23)24)10-9-11-1-7-14(19)8-2-11/h1-10,25H/b10-9+. The summed E-state index contributed by atoms with van der Waals surface area (Å²) < 4.78 is 80.0. The molecule has 0 aliphatic rings. The van der Waals surface area contributed by atoms with Crippen LogP contribution in [0.1, 0.15) is 11.1 Å². The second-order valence-electron chi connectivity index (χ2n) is 5.23. The summed E-state index contributed by atoms with van der Waals surface area (Å²) in [5.41, 5.74) is -4.13. The van der Waals surface area contributed by atoms with Gasteiger partial charge in [-0.1, -0.05) is 46.3 Å². The molecule has 8 heteroatoms. The van der Waals surface area contributed by atoms with Crippen molar-refractivity contribution in [2.24, 2.45) is 0 Å². The molecule has 0 aliphatic carbocycles. The van der Waals surface area contributed by atoms with E-state index >= 15 is 0 Å². The fourth-order valence-electron chi connectivity index (χ4n) is 2.09. The summed E-state index contributed by atoms with van der Waals surface area (Å²) in [5, 5.41) is 10.3. The third-order valence-corrected chi connectivity index (χ3v) is 4.03. The van der Waals surface area contributed by atoms with E-state index in [2.05, 4.69) is 15.9 Å². The van der Waals surface area contributed by atoms with Crippen molar-refractivity contribution in [3.05, 3.63) is 76.0 Å². The van der Waals surface area contributed by atoms with E-state index in [0.29, 0.717) is 10.5 Å². The van der Waals surface area contributed by atoms with Gasteiger partial charge in [0.25, 0.3) is 0 Å². The molecule has 25 heavy (non-hydrogen) atoms. The Morgan fingerprint density at radius 3 is 1.84 bits per heavy atom. The van der Waals surface area contributed by atoms with Crippen molar-refractivity contribution < 1.29 is 31.4 Å². The van der Waals surface area contributed by atoms with Crippen LogP contribution in [0.4, 0.5) is 26.3 Å². The minimum atomic E-state index is -5.98. The SMILES string of the molecule is OC(/C=C/c1ccc(F)cc1)(c1ccc(Br)cc1)C(F)(F)C(F)(F)F. The fourth-order valence-corrected chi connectivity index (χ4v) is 2.36. The molecule has 1 atom stereocenters. The molecule has 0 aromatic heterocycles. The topological polar surface area (TPSA) is 20.2 Å². The molecule has 0 fully saturated rings. The molecule has 2 aromatic rings. The van der Waals surface area contributed by atoms with E-state index < -0.39 is 29.1 Å². The van der Waals surface area contributed by atoms with Gasteiger partial charge >= 0.3 is 12.1 Å². The summed E-state index contributed by atoms with van der Waals surface area (Å²) in [6.07, 6.45) is -4.75. The lowest BCUT2D eigenvalue weighted by molar-refractivity contribution is -0.334. The highest BCUT2D eigenvalue weighted by Gasteiger charge is 2.69. The Kier molecular flexibility index (Phi) is 5.34. The molecule has 1 N–H and O–H groups in total. The lowest BCUT2D eigenvalue weighted by Gasteiger charge is -2.35. The smallest absolute Gasteiger partial charge is 0.375 e. The summed E-state index contributed by atoms with van der Waals surface area (Å²) in [6, 6.07) is 8.77. The zero-order valence-electron chi connectivity index (χ0n) is 12.4. The quantitative estimate of drug-likeness (QED) is 0.625. The van der Waals surface area contributed by atoms with Gasteiger partial charge in [0.2, 0.25) is 0 Å². The highest BCUT2D eigenvalue weighted by atomic mass is 79.9. The predicted octanol–water partition coefficient (Wildman–Crippen LogP) is 5.69. The van der Waals surface area contributed by atoms with Crippen molar-refractivity contribution in [2.45, 2.75) is 17.7 Å². The highest BCUT2D eigenvalue weighted by molar-refractivity contribution is 9.10. The van der Waals surface area contributed by atoms with E-state index in [1.165, 1.54) is 24.3 Å². The maximum Gasteiger partial charge on any atom is 0.457 e. The zero-order chi connectivity index (χ0) is 18.9. The molecule has 0 radical (unpaired) electrons. The molecular weight excluding hydrogens is 414 g/mol. The molecule has 0 saturated carbocycles. The second kappa shape index (κ2) is 6.84. The van der Waals surface area contributed by atoms with Gasteiger partial charge in [0.05, 0.1) is 0 Å². The largest absolute Gasteiger partial charge is 0.457 e. The molecule has 134 valence electrons. The first-order valence-corrected chi connectivity index (χ1v) is 7.64. The van der Waals surface area contributed by atoms with E-state index in [4.69, 9.17) is 0 Å². The van der Waals surface area contributed by atoms with Crippen LogP contribution in [0, 0.1) is 5.82 Å². The lowest BCUT2D eigenvalue weighted by atomic mass is 9.86. The van der Waals surface area contributed by atoms with Crippen LogP contribution in [0.2, 0.25) is 0 Å². The van der Waals surface area contributed by atoms with Crippen LogP contribution in [-0.2, 0) is 5.60 Å². The van der Waals surface area contributed by atoms with Gasteiger partial charge < -0.3 is 5.11 Å². The van der Waals surface area contributed by atoms with Gasteiger partial charge in [-0.15, -0.1) is 0 Å². The molecule has 2 rings (SSSR count). The van der Waals surface area contributed by atoms with E-state index in [-0.39, 0.29) is 5.56 Å². The molecule has 0 aliphatic heterocycles. The third-order valence-electron chi connectivity index (χ3n) is 3.51. The Hall–Kier alpha value is -1.80. The summed E-state index contributed by atoms with van der Waals surface area (Å²) >= 11 is 3.04. The zero-order valence-corrected chi connectivity index (χ0v) is 14.0. The molecule has 0 amide bonds. The van der Waals surface area contributed by atoms with Gasteiger partial charge in [-0.3, -0.25) is 0 Å². The Labute approximate surface area is 147 Å². The van der Waals surface area contributed by atoms with Gasteiger partial charge in [-0.2, -0.15) is 22.0 Å². The number of halogens is 7. The number of hydrogen-bond donors (Lipinski definition) is 1. The first-order chi connectivity index (χ1) is 11.5. The number of benzene rings is 2. The number of aliphatic hydroxyl groups is 1. The summed E-state index contributed by atoms with van der Waals surface area (Å²) in [6.45, 7) is 0. The average Bonchev–Trinajstić information content (AvgIpc) is 2.53. The van der Waals surface area contributed by atoms with Crippen LogP contribution >= 0.6 is 15.9 Å². The first-order valence-electron chi connectivity index (χ1n) is 6.85. The van der Waals surface area contributed by atoms with Gasteiger partial charge in [-0.05, 0) is 41.5 Å². The highest BCUT2D eigenvalue weighted by Crippen LogP contribution is 2.49. The molecule has 2 aromatic carbocycles. The Bertz CT molecular complexity index is 752. The Balaban J connectivity index is 2.56. The van der Waals surface area contributed by atoms with Gasteiger partial charge in [-0.25, -0.2) is 4.39 Å². The number of hydrogen-bond acceptors (Lipinski definition) is 1. The summed E-state index contributed by atoms with van der Waals surface area (Å²) in [7, 11) is 0. The average molecular weight is 425 g/mol. The number of rotatable bonds is 4. The van der Waals surface area contributed by atoms with Crippen LogP contribution in [-0.4, -0.2) is 17.2 Å². The van der Waals surface area contributed by atoms with Crippen molar-refractivity contribution >= 4 is 22.0 Å². The van der Waals surface area contributed by atoms with E-state index in [1.54, 1.807) is 0 Å². The van der Waals surface area contributed by atoms with Gasteiger partial charge in [0, 0.05) is 4.47 Å². The molecule has 1 nitrogen and oxygen atoms in total. The second-order valence-corrected chi connectivity index (χ2v) is 6.15. The van der Waals surface area contributed by atoms with E-state index in [1.807, 2.05) is 0 Å². The van der Waals surface area contributed by atoms with Crippen molar-refractivity contribution in [3.8, 4) is 0 Å². The third kappa shape index (κ3) is 3.90. The van der Waals surface area contributed by atoms with Crippen molar-refractivity contribution in [1.82, 2.24) is 0 Å². The van der Waals surface area contributed by atoms with Crippen LogP contribution in [0.5, 0.6) is 0 Å². The van der Waals surface area contributed by atoms with E-state index in [0.717, 1.165) is 30.3 Å². The molecule has 0 saturated heterocycles. The monoisotopic (exact) mass is 424 g/mol. The molecule has 0 bridgehead atoms. The first kappa shape index (κ1) is 19.5. The predicted molar refractivity (Wildman–Crippen MR) is 84.5 cm³/mol. The Morgan fingerprint density at radius 2 is 1.36 bits per heavy atom.